The van der Waals surface area contributed by atoms with Gasteiger partial charge in [0.2, 0.25) is 17.7 Å². The Morgan fingerprint density at radius 3 is 2.27 bits per heavy atom. The van der Waals surface area contributed by atoms with E-state index in [1.807, 2.05) is 24.3 Å². The minimum Gasteiger partial charge on any atom is -0.480 e. The number of amides is 3. The van der Waals surface area contributed by atoms with Gasteiger partial charge in [-0.05, 0) is 50.8 Å². The number of H-pyrrole nitrogens is 1. The van der Waals surface area contributed by atoms with E-state index in [4.69, 9.17) is 11.5 Å². The summed E-state index contributed by atoms with van der Waals surface area (Å²) in [6.07, 6.45) is 1.64. The van der Waals surface area contributed by atoms with Crippen LogP contribution in [0.5, 0.6) is 0 Å². The van der Waals surface area contributed by atoms with E-state index in [9.17, 15) is 34.5 Å². The Kier molecular flexibility index (Phi) is 11.5. The van der Waals surface area contributed by atoms with Crippen molar-refractivity contribution in [3.63, 3.8) is 0 Å². The highest BCUT2D eigenvalue weighted by molar-refractivity contribution is 5.94. The van der Waals surface area contributed by atoms with E-state index in [0.29, 0.717) is 19.4 Å². The van der Waals surface area contributed by atoms with Gasteiger partial charge in [-0.1, -0.05) is 18.2 Å². The summed E-state index contributed by atoms with van der Waals surface area (Å²) in [4.78, 5) is 52.6. The fourth-order valence-corrected chi connectivity index (χ4v) is 3.78. The lowest BCUT2D eigenvalue weighted by Gasteiger charge is -2.25. The number of benzene rings is 1. The second-order valence-electron chi connectivity index (χ2n) is 8.82. The standard InChI is InChI=1S/C24H36N6O7/c1-13(32)20(24(36)37)30-22(34)18(8-4-5-9-25)28-23(35)19(12-31)29-21(33)16(26)10-14-11-27-17-7-3-2-6-15(14)17/h2-3,6-7,11,13,16,18-20,27,31-32H,4-5,8-10,12,25-26H2,1H3,(H,28,35)(H,29,33)(H,30,34)(H,36,37). The molecule has 5 atom stereocenters. The number of para-hydroxylation sites is 1. The monoisotopic (exact) mass is 520 g/mol. The number of fused-ring (bicyclic) bond motifs is 1. The summed E-state index contributed by atoms with van der Waals surface area (Å²) < 4.78 is 0. The van der Waals surface area contributed by atoms with Crippen LogP contribution in [0.25, 0.3) is 10.9 Å². The molecule has 0 aliphatic heterocycles. The fourth-order valence-electron chi connectivity index (χ4n) is 3.78. The average molecular weight is 521 g/mol. The molecule has 13 heteroatoms. The highest BCUT2D eigenvalue weighted by Gasteiger charge is 2.31. The van der Waals surface area contributed by atoms with Crippen LogP contribution in [-0.4, -0.2) is 87.4 Å². The molecule has 5 unspecified atom stereocenters. The van der Waals surface area contributed by atoms with E-state index in [2.05, 4.69) is 20.9 Å². The Labute approximate surface area is 214 Å². The quantitative estimate of drug-likeness (QED) is 0.119. The van der Waals surface area contributed by atoms with Gasteiger partial charge in [-0.3, -0.25) is 14.4 Å². The maximum absolute atomic E-state index is 12.8. The molecule has 2 rings (SSSR count). The highest BCUT2D eigenvalue weighted by Crippen LogP contribution is 2.18. The third-order valence-corrected chi connectivity index (χ3v) is 5.89. The lowest BCUT2D eigenvalue weighted by atomic mass is 10.0. The first-order chi connectivity index (χ1) is 17.6. The van der Waals surface area contributed by atoms with E-state index < -0.39 is 60.6 Å². The molecule has 204 valence electrons. The number of nitrogens with one attached hydrogen (secondary N) is 4. The zero-order valence-corrected chi connectivity index (χ0v) is 20.6. The molecule has 37 heavy (non-hydrogen) atoms. The van der Waals surface area contributed by atoms with Gasteiger partial charge < -0.3 is 47.7 Å². The number of rotatable bonds is 15. The van der Waals surface area contributed by atoms with E-state index in [-0.39, 0.29) is 12.8 Å². The Balaban J connectivity index is 2.04. The second-order valence-corrected chi connectivity index (χ2v) is 8.82. The molecule has 0 fully saturated rings. The van der Waals surface area contributed by atoms with Gasteiger partial charge in [0.05, 0.1) is 18.8 Å². The number of aliphatic hydroxyl groups is 2. The van der Waals surface area contributed by atoms with E-state index in [0.717, 1.165) is 16.5 Å². The Bertz CT molecular complexity index is 1070. The summed E-state index contributed by atoms with van der Waals surface area (Å²) in [6.45, 7) is 0.787. The van der Waals surface area contributed by atoms with Crippen LogP contribution in [0.1, 0.15) is 31.7 Å². The summed E-state index contributed by atoms with van der Waals surface area (Å²) in [5.41, 5.74) is 13.2. The molecular formula is C24H36N6O7. The van der Waals surface area contributed by atoms with Crippen molar-refractivity contribution in [3.05, 3.63) is 36.0 Å². The van der Waals surface area contributed by atoms with Gasteiger partial charge in [0.15, 0.2) is 6.04 Å². The van der Waals surface area contributed by atoms with Crippen molar-refractivity contribution in [2.24, 2.45) is 11.5 Å². The van der Waals surface area contributed by atoms with Crippen LogP contribution in [0.4, 0.5) is 0 Å². The number of carbonyl (C=O) groups excluding carboxylic acids is 3. The maximum Gasteiger partial charge on any atom is 0.328 e. The first kappa shape index (κ1) is 29.7. The summed E-state index contributed by atoms with van der Waals surface area (Å²) >= 11 is 0. The van der Waals surface area contributed by atoms with Gasteiger partial charge in [-0.2, -0.15) is 0 Å². The molecule has 0 spiro atoms. The van der Waals surface area contributed by atoms with E-state index in [1.54, 1.807) is 6.20 Å². The Hall–Kier alpha value is -3.52. The Morgan fingerprint density at radius 2 is 1.65 bits per heavy atom. The van der Waals surface area contributed by atoms with E-state index in [1.165, 1.54) is 6.92 Å². The smallest absolute Gasteiger partial charge is 0.328 e. The number of aromatic nitrogens is 1. The largest absolute Gasteiger partial charge is 0.480 e. The number of carbonyl (C=O) groups is 4. The number of hydrogen-bond acceptors (Lipinski definition) is 8. The van der Waals surface area contributed by atoms with Gasteiger partial charge in [-0.15, -0.1) is 0 Å². The summed E-state index contributed by atoms with van der Waals surface area (Å²) in [6, 6.07) is 2.30. The SMILES string of the molecule is CC(O)C(NC(=O)C(CCCCN)NC(=O)C(CO)NC(=O)C(N)Cc1c[nH]c2ccccc12)C(=O)O. The van der Waals surface area contributed by atoms with Gasteiger partial charge in [0.1, 0.15) is 12.1 Å². The third-order valence-electron chi connectivity index (χ3n) is 5.89. The van der Waals surface area contributed by atoms with Crippen LogP contribution >= 0.6 is 0 Å². The van der Waals surface area contributed by atoms with Gasteiger partial charge >= 0.3 is 5.97 Å². The molecule has 0 saturated heterocycles. The second kappa shape index (κ2) is 14.3. The summed E-state index contributed by atoms with van der Waals surface area (Å²) in [5.74, 6) is -3.81. The molecule has 1 heterocycles. The number of carboxylic acids is 1. The van der Waals surface area contributed by atoms with Crippen molar-refractivity contribution in [3.8, 4) is 0 Å². The number of aromatic amines is 1. The van der Waals surface area contributed by atoms with Crippen LogP contribution in [0.3, 0.4) is 0 Å². The number of unbranched alkanes of at least 4 members (excludes halogenated alkanes) is 1. The zero-order valence-electron chi connectivity index (χ0n) is 20.6. The van der Waals surface area contributed by atoms with Gasteiger partial charge in [-0.25, -0.2) is 4.79 Å². The number of aliphatic carboxylic acids is 1. The normalized spacial score (nSPS) is 15.3. The maximum atomic E-state index is 12.8. The van der Waals surface area contributed by atoms with Crippen molar-refractivity contribution >= 4 is 34.6 Å². The van der Waals surface area contributed by atoms with Crippen LogP contribution in [0, 0.1) is 0 Å². The van der Waals surface area contributed by atoms with Gasteiger partial charge in [0.25, 0.3) is 0 Å². The fraction of sp³-hybridized carbons (Fsp3) is 0.500. The molecule has 11 N–H and O–H groups in total. The highest BCUT2D eigenvalue weighted by atomic mass is 16.4. The number of carboxylic acid groups (broad SMARTS) is 1. The minimum atomic E-state index is -1.59. The third kappa shape index (κ3) is 8.53. The van der Waals surface area contributed by atoms with Crippen molar-refractivity contribution in [2.45, 2.75) is 62.9 Å². The van der Waals surface area contributed by atoms with Crippen molar-refractivity contribution in [1.82, 2.24) is 20.9 Å². The molecule has 0 saturated carbocycles. The lowest BCUT2D eigenvalue weighted by molar-refractivity contribution is -0.145. The minimum absolute atomic E-state index is 0.118. The molecular weight excluding hydrogens is 484 g/mol. The topological polar surface area (TPSA) is 233 Å². The van der Waals surface area contributed by atoms with Crippen LogP contribution < -0.4 is 27.4 Å². The number of hydrogen-bond donors (Lipinski definition) is 9. The predicted molar refractivity (Wildman–Crippen MR) is 135 cm³/mol. The molecule has 0 aliphatic carbocycles. The average Bonchev–Trinajstić information content (AvgIpc) is 3.27. The van der Waals surface area contributed by atoms with Crippen molar-refractivity contribution < 1.29 is 34.5 Å². The zero-order chi connectivity index (χ0) is 27.5. The molecule has 1 aromatic heterocycles. The summed E-state index contributed by atoms with van der Waals surface area (Å²) in [5, 5.41) is 36.5. The van der Waals surface area contributed by atoms with Crippen molar-refractivity contribution in [1.29, 1.82) is 0 Å². The number of nitrogens with two attached hydrogens (primary N) is 2. The van der Waals surface area contributed by atoms with Crippen LogP contribution in [-0.2, 0) is 25.6 Å². The lowest BCUT2D eigenvalue weighted by Crippen LogP contribution is -2.59. The molecule has 3 amide bonds. The Morgan fingerprint density at radius 1 is 1.00 bits per heavy atom. The molecule has 0 bridgehead atoms. The van der Waals surface area contributed by atoms with Crippen LogP contribution in [0.15, 0.2) is 30.5 Å². The van der Waals surface area contributed by atoms with Gasteiger partial charge in [0, 0.05) is 17.1 Å². The van der Waals surface area contributed by atoms with Crippen molar-refractivity contribution in [2.75, 3.05) is 13.2 Å². The molecule has 2 aromatic rings. The van der Waals surface area contributed by atoms with Crippen LogP contribution in [0.2, 0.25) is 0 Å². The first-order valence-electron chi connectivity index (χ1n) is 12.0. The molecule has 13 nitrogen and oxygen atoms in total. The number of aliphatic hydroxyl groups excluding tert-OH is 2. The molecule has 0 radical (unpaired) electrons. The molecule has 1 aromatic carbocycles. The van der Waals surface area contributed by atoms with E-state index >= 15 is 0 Å². The predicted octanol–water partition coefficient (Wildman–Crippen LogP) is -1.92. The first-order valence-corrected chi connectivity index (χ1v) is 12.0. The molecule has 0 aliphatic rings. The summed E-state index contributed by atoms with van der Waals surface area (Å²) in [7, 11) is 0.